The van der Waals surface area contributed by atoms with Crippen molar-refractivity contribution in [2.75, 3.05) is 24.5 Å². The average molecular weight is 442 g/mol. The van der Waals surface area contributed by atoms with Gasteiger partial charge in [-0.2, -0.15) is 9.07 Å². The fraction of sp³-hybridized carbons (Fsp3) is 0.353. The van der Waals surface area contributed by atoms with E-state index in [0.29, 0.717) is 26.9 Å². The number of hydrogen-bond acceptors (Lipinski definition) is 8. The summed E-state index contributed by atoms with van der Waals surface area (Å²) in [7, 11) is 1.50. The Morgan fingerprint density at radius 3 is 2.50 bits per heavy atom. The Hall–Kier alpha value is -2.84. The summed E-state index contributed by atoms with van der Waals surface area (Å²) in [6.45, 7) is -0.639. The number of ether oxygens (including phenoxy) is 2. The van der Waals surface area contributed by atoms with Gasteiger partial charge in [-0.15, -0.1) is 0 Å². The Bertz CT molecular complexity index is 1040. The number of thiocarbonyl (C=S) groups is 1. The lowest BCUT2D eigenvalue weighted by molar-refractivity contribution is -0.0558. The Labute approximate surface area is 173 Å². The maximum absolute atomic E-state index is 14.2. The van der Waals surface area contributed by atoms with E-state index in [4.69, 9.17) is 21.7 Å². The minimum absolute atomic E-state index is 0.197. The van der Waals surface area contributed by atoms with Crippen LogP contribution in [-0.2, 0) is 4.74 Å². The third-order valence-corrected chi connectivity index (χ3v) is 4.62. The van der Waals surface area contributed by atoms with Crippen LogP contribution in [0.15, 0.2) is 40.1 Å². The minimum Gasteiger partial charge on any atom is -0.497 e. The standard InChI is InChI=1S/C17H19FN4O7S/c1-28-9-4-2-8(3-5-9)19-16(30)20-22-14(26)10(18)6-21(17(22)27)15-13(25)12(24)11(7-23)29-15/h2-6,11-13,15,23-25H,7H2,1H3,(H2,19,20,30)/t11-,12-,13-,15-/m1/s1. The smallest absolute Gasteiger partial charge is 0.352 e. The molecule has 13 heteroatoms. The summed E-state index contributed by atoms with van der Waals surface area (Å²) < 4.78 is 25.3. The number of aromatic nitrogens is 2. The highest BCUT2D eigenvalue weighted by molar-refractivity contribution is 7.80. The molecule has 1 aromatic carbocycles. The highest BCUT2D eigenvalue weighted by Gasteiger charge is 2.44. The molecule has 0 spiro atoms. The molecule has 5 N–H and O–H groups in total. The molecule has 0 aliphatic carbocycles. The lowest BCUT2D eigenvalue weighted by atomic mass is 10.1. The van der Waals surface area contributed by atoms with Gasteiger partial charge in [0.25, 0.3) is 0 Å². The van der Waals surface area contributed by atoms with E-state index in [1.165, 1.54) is 7.11 Å². The third kappa shape index (κ3) is 4.20. The Kier molecular flexibility index (Phi) is 6.48. The Morgan fingerprint density at radius 2 is 1.93 bits per heavy atom. The highest BCUT2D eigenvalue weighted by Crippen LogP contribution is 2.28. The van der Waals surface area contributed by atoms with Crippen LogP contribution in [0.1, 0.15) is 6.23 Å². The molecule has 0 unspecified atom stereocenters. The molecule has 1 fully saturated rings. The van der Waals surface area contributed by atoms with E-state index in [1.54, 1.807) is 24.3 Å². The molecule has 1 saturated heterocycles. The summed E-state index contributed by atoms with van der Waals surface area (Å²) in [5.41, 5.74) is 0.350. The molecule has 0 bridgehead atoms. The molecule has 1 aromatic heterocycles. The first-order valence-electron chi connectivity index (χ1n) is 8.65. The van der Waals surface area contributed by atoms with E-state index in [2.05, 4.69) is 10.7 Å². The topological polar surface area (TPSA) is 147 Å². The predicted molar refractivity (Wildman–Crippen MR) is 107 cm³/mol. The summed E-state index contributed by atoms with van der Waals surface area (Å²) in [4.78, 5) is 24.8. The summed E-state index contributed by atoms with van der Waals surface area (Å²) in [6.07, 6.45) is -5.33. The zero-order valence-electron chi connectivity index (χ0n) is 15.6. The summed E-state index contributed by atoms with van der Waals surface area (Å²) in [5.74, 6) is -0.741. The van der Waals surface area contributed by atoms with Gasteiger partial charge in [-0.1, -0.05) is 0 Å². The number of halogens is 1. The quantitative estimate of drug-likeness (QED) is 0.354. The monoisotopic (exact) mass is 442 g/mol. The third-order valence-electron chi connectivity index (χ3n) is 4.42. The van der Waals surface area contributed by atoms with Crippen molar-refractivity contribution in [3.05, 3.63) is 57.1 Å². The average Bonchev–Trinajstić information content (AvgIpc) is 3.02. The maximum Gasteiger partial charge on any atom is 0.352 e. The number of benzene rings is 1. The number of nitrogens with zero attached hydrogens (tertiary/aromatic N) is 2. The molecule has 0 radical (unpaired) electrons. The van der Waals surface area contributed by atoms with Gasteiger partial charge < -0.3 is 30.1 Å². The van der Waals surface area contributed by atoms with Crippen molar-refractivity contribution in [3.63, 3.8) is 0 Å². The molecular formula is C17H19FN4O7S. The largest absolute Gasteiger partial charge is 0.497 e. The number of hydrogen-bond donors (Lipinski definition) is 5. The molecule has 3 rings (SSSR count). The van der Waals surface area contributed by atoms with Crippen molar-refractivity contribution >= 4 is 23.0 Å². The van der Waals surface area contributed by atoms with E-state index in [-0.39, 0.29) is 5.11 Å². The summed E-state index contributed by atoms with van der Waals surface area (Å²) in [5, 5.41) is 31.6. The van der Waals surface area contributed by atoms with Gasteiger partial charge in [0.15, 0.2) is 11.3 Å². The minimum atomic E-state index is -1.64. The molecule has 30 heavy (non-hydrogen) atoms. The first-order chi connectivity index (χ1) is 14.3. The van der Waals surface area contributed by atoms with Gasteiger partial charge in [-0.05, 0) is 36.5 Å². The SMILES string of the molecule is COc1ccc(NC(=S)Nn2c(=O)c(F)cn([C@@H]3O[C@H](CO)[C@@H](O)[C@H]3O)c2=O)cc1. The van der Waals surface area contributed by atoms with Gasteiger partial charge in [0.05, 0.1) is 19.9 Å². The normalized spacial score (nSPS) is 23.2. The van der Waals surface area contributed by atoms with Crippen LogP contribution in [0.3, 0.4) is 0 Å². The van der Waals surface area contributed by atoms with Crippen molar-refractivity contribution in [1.82, 2.24) is 9.24 Å². The first kappa shape index (κ1) is 21.9. The number of aliphatic hydroxyl groups is 3. The van der Waals surface area contributed by atoms with Gasteiger partial charge >= 0.3 is 11.2 Å². The number of anilines is 1. The molecule has 11 nitrogen and oxygen atoms in total. The van der Waals surface area contributed by atoms with Gasteiger partial charge in [0.2, 0.25) is 5.82 Å². The van der Waals surface area contributed by atoms with E-state index >= 15 is 0 Å². The van der Waals surface area contributed by atoms with Gasteiger partial charge in [-0.3, -0.25) is 14.8 Å². The van der Waals surface area contributed by atoms with Crippen molar-refractivity contribution < 1.29 is 29.2 Å². The number of methoxy groups -OCH3 is 1. The number of rotatable bonds is 5. The fourth-order valence-corrected chi connectivity index (χ4v) is 3.08. The number of nitrogens with one attached hydrogen (secondary N) is 2. The van der Waals surface area contributed by atoms with E-state index in [0.717, 1.165) is 0 Å². The van der Waals surface area contributed by atoms with Gasteiger partial charge in [0, 0.05) is 5.69 Å². The fourth-order valence-electron chi connectivity index (χ4n) is 2.87. The second-order valence-corrected chi connectivity index (χ2v) is 6.74. The maximum atomic E-state index is 14.2. The summed E-state index contributed by atoms with van der Waals surface area (Å²) in [6, 6.07) is 6.54. The van der Waals surface area contributed by atoms with Crippen LogP contribution in [0.2, 0.25) is 0 Å². The van der Waals surface area contributed by atoms with Crippen LogP contribution < -0.4 is 26.7 Å². The molecule has 4 atom stereocenters. The van der Waals surface area contributed by atoms with Crippen LogP contribution in [0, 0.1) is 5.82 Å². The second kappa shape index (κ2) is 8.89. The zero-order valence-corrected chi connectivity index (χ0v) is 16.4. The Morgan fingerprint density at radius 1 is 1.27 bits per heavy atom. The van der Waals surface area contributed by atoms with Crippen molar-refractivity contribution in [3.8, 4) is 5.75 Å². The second-order valence-electron chi connectivity index (χ2n) is 6.33. The van der Waals surface area contributed by atoms with Crippen LogP contribution in [0.25, 0.3) is 0 Å². The number of aliphatic hydroxyl groups excluding tert-OH is 3. The van der Waals surface area contributed by atoms with Crippen LogP contribution >= 0.6 is 12.2 Å². The Balaban J connectivity index is 1.87. The van der Waals surface area contributed by atoms with Crippen LogP contribution in [0.5, 0.6) is 5.75 Å². The molecular weight excluding hydrogens is 423 g/mol. The lowest BCUT2D eigenvalue weighted by Crippen LogP contribution is -2.50. The molecule has 162 valence electrons. The predicted octanol–water partition coefficient (Wildman–Crippen LogP) is -1.29. The molecule has 0 saturated carbocycles. The molecule has 1 aliphatic heterocycles. The van der Waals surface area contributed by atoms with Crippen molar-refractivity contribution in [2.24, 2.45) is 0 Å². The van der Waals surface area contributed by atoms with E-state index in [1.807, 2.05) is 0 Å². The molecule has 0 amide bonds. The highest BCUT2D eigenvalue weighted by atomic mass is 32.1. The van der Waals surface area contributed by atoms with Crippen molar-refractivity contribution in [2.45, 2.75) is 24.5 Å². The molecule has 2 heterocycles. The molecule has 2 aromatic rings. The lowest BCUT2D eigenvalue weighted by Gasteiger charge is -2.19. The van der Waals surface area contributed by atoms with Gasteiger partial charge in [-0.25, -0.2) is 4.79 Å². The summed E-state index contributed by atoms with van der Waals surface area (Å²) >= 11 is 5.06. The zero-order chi connectivity index (χ0) is 22.0. The molecule has 1 aliphatic rings. The first-order valence-corrected chi connectivity index (χ1v) is 9.06. The van der Waals surface area contributed by atoms with Crippen molar-refractivity contribution in [1.29, 1.82) is 0 Å². The van der Waals surface area contributed by atoms with Crippen LogP contribution in [-0.4, -0.2) is 61.7 Å². The van der Waals surface area contributed by atoms with Crippen LogP contribution in [0.4, 0.5) is 10.1 Å². The van der Waals surface area contributed by atoms with Gasteiger partial charge in [0.1, 0.15) is 24.1 Å². The van der Waals surface area contributed by atoms with E-state index in [9.17, 15) is 29.3 Å². The van der Waals surface area contributed by atoms with E-state index < -0.39 is 48.2 Å².